The van der Waals surface area contributed by atoms with Crippen LogP contribution in [0.3, 0.4) is 0 Å². The fourth-order valence-electron chi connectivity index (χ4n) is 0.225. The molecular weight excluding hydrogens is 128 g/mol. The highest BCUT2D eigenvalue weighted by atomic mass is 32.1. The van der Waals surface area contributed by atoms with Crippen LogP contribution in [0.15, 0.2) is 0 Å². The van der Waals surface area contributed by atoms with Crippen molar-refractivity contribution in [2.75, 3.05) is 5.75 Å². The summed E-state index contributed by atoms with van der Waals surface area (Å²) in [6.07, 6.45) is -0.413. The molecule has 0 saturated carbocycles. The third-order valence-electron chi connectivity index (χ3n) is 0.525. The van der Waals surface area contributed by atoms with Crippen molar-refractivity contribution >= 4 is 24.4 Å². The van der Waals surface area contributed by atoms with Gasteiger partial charge in [0.25, 0.3) is 0 Å². The minimum atomic E-state index is -1.09. The van der Waals surface area contributed by atoms with E-state index in [1.165, 1.54) is 0 Å². The molecule has 1 N–H and O–H groups in total. The minimum absolute atomic E-state index is 0.00625. The van der Waals surface area contributed by atoms with E-state index in [1.54, 1.807) is 0 Å². The van der Waals surface area contributed by atoms with Crippen molar-refractivity contribution in [1.29, 1.82) is 0 Å². The van der Waals surface area contributed by atoms with Gasteiger partial charge in [-0.05, 0) is 0 Å². The highest BCUT2D eigenvalue weighted by Crippen LogP contribution is 1.84. The molecular formula is C4H6O3S. The van der Waals surface area contributed by atoms with Crippen LogP contribution in [-0.4, -0.2) is 22.6 Å². The van der Waals surface area contributed by atoms with E-state index in [2.05, 4.69) is 12.6 Å². The Balaban J connectivity index is 3.40. The van der Waals surface area contributed by atoms with Crippen molar-refractivity contribution in [1.82, 2.24) is 0 Å². The molecule has 0 radical (unpaired) electrons. The van der Waals surface area contributed by atoms with Crippen LogP contribution in [0.25, 0.3) is 0 Å². The summed E-state index contributed by atoms with van der Waals surface area (Å²) < 4.78 is 0. The molecule has 4 heteroatoms. The maximum absolute atomic E-state index is 10.2. The number of carboxylic acid groups (broad SMARTS) is 1. The zero-order chi connectivity index (χ0) is 6.57. The standard InChI is InChI=1S/C4H6O3S/c5-3(2-8)1-4(6)7/h8H,1-2H2,(H,6,7). The SMILES string of the molecule is O=C(O)CC(=O)CS. The van der Waals surface area contributed by atoms with Crippen LogP contribution in [0.1, 0.15) is 6.42 Å². The summed E-state index contributed by atoms with van der Waals surface area (Å²) >= 11 is 3.58. The van der Waals surface area contributed by atoms with Crippen LogP contribution in [0, 0.1) is 0 Å². The minimum Gasteiger partial charge on any atom is -0.481 e. The van der Waals surface area contributed by atoms with Crippen LogP contribution < -0.4 is 0 Å². The fourth-order valence-corrected chi connectivity index (χ4v) is 0.336. The van der Waals surface area contributed by atoms with Crippen molar-refractivity contribution in [2.24, 2.45) is 0 Å². The number of aliphatic carboxylic acids is 1. The van der Waals surface area contributed by atoms with Gasteiger partial charge >= 0.3 is 5.97 Å². The Morgan fingerprint density at radius 2 is 2.00 bits per heavy atom. The first-order valence-corrected chi connectivity index (χ1v) is 2.64. The van der Waals surface area contributed by atoms with Crippen molar-refractivity contribution in [3.8, 4) is 0 Å². The second kappa shape index (κ2) is 3.49. The average molecular weight is 134 g/mol. The maximum atomic E-state index is 10.2. The van der Waals surface area contributed by atoms with Crippen molar-refractivity contribution in [3.63, 3.8) is 0 Å². The number of hydrogen-bond acceptors (Lipinski definition) is 3. The molecule has 0 fully saturated rings. The van der Waals surface area contributed by atoms with E-state index in [4.69, 9.17) is 5.11 Å². The van der Waals surface area contributed by atoms with Gasteiger partial charge in [0.2, 0.25) is 0 Å². The lowest BCUT2D eigenvalue weighted by molar-refractivity contribution is -0.139. The maximum Gasteiger partial charge on any atom is 0.310 e. The van der Waals surface area contributed by atoms with Crippen molar-refractivity contribution in [3.05, 3.63) is 0 Å². The Kier molecular flexibility index (Phi) is 3.26. The molecule has 0 amide bonds. The quantitative estimate of drug-likeness (QED) is 0.420. The number of carboxylic acids is 1. The summed E-state index contributed by atoms with van der Waals surface area (Å²) in [5.41, 5.74) is 0. The number of rotatable bonds is 3. The lowest BCUT2D eigenvalue weighted by atomic mass is 10.3. The molecule has 0 aromatic heterocycles. The summed E-state index contributed by atoms with van der Waals surface area (Å²) in [4.78, 5) is 19.9. The van der Waals surface area contributed by atoms with E-state index in [0.717, 1.165) is 0 Å². The molecule has 0 bridgehead atoms. The van der Waals surface area contributed by atoms with Crippen LogP contribution in [0.5, 0.6) is 0 Å². The van der Waals surface area contributed by atoms with Gasteiger partial charge in [-0.15, -0.1) is 0 Å². The lowest BCUT2D eigenvalue weighted by Gasteiger charge is -1.86. The van der Waals surface area contributed by atoms with Gasteiger partial charge in [-0.2, -0.15) is 12.6 Å². The molecule has 0 rings (SSSR count). The lowest BCUT2D eigenvalue weighted by Crippen LogP contribution is -2.06. The zero-order valence-corrected chi connectivity index (χ0v) is 5.02. The molecule has 8 heavy (non-hydrogen) atoms. The molecule has 0 aromatic carbocycles. The third-order valence-corrected chi connectivity index (χ3v) is 0.877. The van der Waals surface area contributed by atoms with Gasteiger partial charge in [0.15, 0.2) is 5.78 Å². The number of hydrogen-bond donors (Lipinski definition) is 2. The number of carbonyl (C=O) groups excluding carboxylic acids is 1. The first-order valence-electron chi connectivity index (χ1n) is 2.01. The van der Waals surface area contributed by atoms with Crippen LogP contribution >= 0.6 is 12.6 Å². The molecule has 0 atom stereocenters. The number of thiol groups is 1. The van der Waals surface area contributed by atoms with Gasteiger partial charge in [-0.3, -0.25) is 9.59 Å². The molecule has 0 saturated heterocycles. The van der Waals surface area contributed by atoms with E-state index in [1.807, 2.05) is 0 Å². The number of carbonyl (C=O) groups is 2. The van der Waals surface area contributed by atoms with Gasteiger partial charge in [0, 0.05) is 5.75 Å². The Bertz CT molecular complexity index is 110. The second-order valence-corrected chi connectivity index (χ2v) is 1.58. The predicted molar refractivity (Wildman–Crippen MR) is 31.1 cm³/mol. The van der Waals surface area contributed by atoms with Crippen molar-refractivity contribution < 1.29 is 14.7 Å². The van der Waals surface area contributed by atoms with Crippen LogP contribution in [0.2, 0.25) is 0 Å². The van der Waals surface area contributed by atoms with E-state index in [0.29, 0.717) is 0 Å². The second-order valence-electron chi connectivity index (χ2n) is 1.27. The normalized spacial score (nSPS) is 8.62. The largest absolute Gasteiger partial charge is 0.481 e. The van der Waals surface area contributed by atoms with E-state index >= 15 is 0 Å². The summed E-state index contributed by atoms with van der Waals surface area (Å²) in [5, 5.41) is 7.96. The first-order chi connectivity index (χ1) is 3.66. The Hall–Kier alpha value is -0.510. The summed E-state index contributed by atoms with van der Waals surface area (Å²) in [6, 6.07) is 0. The first kappa shape index (κ1) is 7.49. The molecule has 0 heterocycles. The topological polar surface area (TPSA) is 54.4 Å². The summed E-state index contributed by atoms with van der Waals surface area (Å²) in [5.74, 6) is -1.45. The average Bonchev–Trinajstić information content (AvgIpc) is 1.65. The predicted octanol–water partition coefficient (Wildman–Crippen LogP) is -0.0400. The summed E-state index contributed by atoms with van der Waals surface area (Å²) in [7, 11) is 0. The molecule has 0 unspecified atom stereocenters. The molecule has 0 spiro atoms. The van der Waals surface area contributed by atoms with Gasteiger partial charge < -0.3 is 5.11 Å². The van der Waals surface area contributed by atoms with Gasteiger partial charge in [-0.1, -0.05) is 0 Å². The van der Waals surface area contributed by atoms with E-state index in [-0.39, 0.29) is 11.5 Å². The Morgan fingerprint density at radius 1 is 1.50 bits per heavy atom. The zero-order valence-electron chi connectivity index (χ0n) is 4.13. The molecule has 0 aliphatic heterocycles. The van der Waals surface area contributed by atoms with E-state index in [9.17, 15) is 9.59 Å². The smallest absolute Gasteiger partial charge is 0.310 e. The molecule has 0 aromatic rings. The Labute approximate surface area is 52.1 Å². The number of ketones is 1. The third kappa shape index (κ3) is 3.67. The van der Waals surface area contributed by atoms with Crippen LogP contribution in [-0.2, 0) is 9.59 Å². The van der Waals surface area contributed by atoms with Crippen LogP contribution in [0.4, 0.5) is 0 Å². The number of Topliss-reactive ketones (excluding diaryl/α,β-unsaturated/α-hetero) is 1. The molecule has 46 valence electrons. The van der Waals surface area contributed by atoms with Gasteiger partial charge in [0.05, 0.1) is 0 Å². The van der Waals surface area contributed by atoms with Crippen molar-refractivity contribution in [2.45, 2.75) is 6.42 Å². The Morgan fingerprint density at radius 3 is 2.12 bits per heavy atom. The molecule has 0 aliphatic rings. The fraction of sp³-hybridized carbons (Fsp3) is 0.500. The highest BCUT2D eigenvalue weighted by Gasteiger charge is 2.03. The molecule has 3 nitrogen and oxygen atoms in total. The van der Waals surface area contributed by atoms with Gasteiger partial charge in [0.1, 0.15) is 6.42 Å². The highest BCUT2D eigenvalue weighted by molar-refractivity contribution is 7.81. The van der Waals surface area contributed by atoms with E-state index < -0.39 is 12.4 Å². The summed E-state index contributed by atoms with van der Waals surface area (Å²) in [6.45, 7) is 0. The monoisotopic (exact) mass is 134 g/mol. The molecule has 0 aliphatic carbocycles. The van der Waals surface area contributed by atoms with Gasteiger partial charge in [-0.25, -0.2) is 0 Å².